The van der Waals surface area contributed by atoms with Gasteiger partial charge in [-0.25, -0.2) is 13.2 Å². The minimum atomic E-state index is -3.52. The summed E-state index contributed by atoms with van der Waals surface area (Å²) in [7, 11) is -2.27. The Morgan fingerprint density at radius 3 is 2.29 bits per heavy atom. The first-order valence-corrected chi connectivity index (χ1v) is 9.33. The summed E-state index contributed by atoms with van der Waals surface area (Å²) in [5.74, 6) is 0.318. The largest absolute Gasteiger partial charge is 0.465 e. The molecule has 2 N–H and O–H groups in total. The Morgan fingerprint density at radius 1 is 1.33 bits per heavy atom. The minimum absolute atomic E-state index is 0.00319. The molecule has 0 bridgehead atoms. The molecule has 1 fully saturated rings. The number of nitrogen functional groups attached to an aromatic ring is 1. The van der Waals surface area contributed by atoms with Crippen LogP contribution in [0.1, 0.15) is 23.5 Å². The molecule has 1 saturated heterocycles. The van der Waals surface area contributed by atoms with Crippen molar-refractivity contribution in [1.29, 1.82) is 0 Å². The number of hydrogen-bond donors (Lipinski definition) is 1. The number of anilines is 2. The van der Waals surface area contributed by atoms with Gasteiger partial charge in [0, 0.05) is 19.3 Å². The van der Waals surface area contributed by atoms with E-state index in [4.69, 9.17) is 5.73 Å². The first kappa shape index (κ1) is 16.1. The Balaban J connectivity index is 2.57. The third kappa shape index (κ3) is 2.87. The van der Waals surface area contributed by atoms with Gasteiger partial charge in [0.2, 0.25) is 0 Å². The lowest BCUT2D eigenvalue weighted by atomic mass is 10.0. The summed E-state index contributed by atoms with van der Waals surface area (Å²) in [5, 5.41) is 0.548. The quantitative estimate of drug-likeness (QED) is 0.846. The number of sulfone groups is 1. The SMILES string of the molecule is COC(=O)c1sc(N2CC(C)C(C)C2)c(S(C)(=O)=O)c1N. The Labute approximate surface area is 128 Å². The fraction of sp³-hybridized carbons (Fsp3) is 0.615. The van der Waals surface area contributed by atoms with E-state index in [0.717, 1.165) is 30.7 Å². The van der Waals surface area contributed by atoms with Crippen molar-refractivity contribution in [3.05, 3.63) is 4.88 Å². The number of rotatable bonds is 3. The molecule has 1 aliphatic rings. The van der Waals surface area contributed by atoms with Crippen LogP contribution in [0.4, 0.5) is 10.7 Å². The highest BCUT2D eigenvalue weighted by atomic mass is 32.2. The minimum Gasteiger partial charge on any atom is -0.465 e. The molecule has 0 amide bonds. The maximum absolute atomic E-state index is 12.1. The number of methoxy groups -OCH3 is 1. The van der Waals surface area contributed by atoms with Gasteiger partial charge in [-0.1, -0.05) is 13.8 Å². The monoisotopic (exact) mass is 332 g/mol. The number of hydrogen-bond acceptors (Lipinski definition) is 7. The van der Waals surface area contributed by atoms with Crippen LogP contribution in [0.3, 0.4) is 0 Å². The van der Waals surface area contributed by atoms with Crippen LogP contribution in [0, 0.1) is 11.8 Å². The number of thiophene rings is 1. The van der Waals surface area contributed by atoms with Crippen LogP contribution in [0.2, 0.25) is 0 Å². The lowest BCUT2D eigenvalue weighted by Gasteiger charge is -2.17. The number of carbonyl (C=O) groups excluding carboxylic acids is 1. The predicted octanol–water partition coefficient (Wildman–Crippen LogP) is 1.61. The zero-order chi connectivity index (χ0) is 15.9. The number of carbonyl (C=O) groups is 1. The Kier molecular flexibility index (Phi) is 4.21. The normalized spacial score (nSPS) is 22.6. The summed E-state index contributed by atoms with van der Waals surface area (Å²) >= 11 is 1.09. The predicted molar refractivity (Wildman–Crippen MR) is 83.7 cm³/mol. The molecule has 8 heteroatoms. The van der Waals surface area contributed by atoms with Gasteiger partial charge in [-0.15, -0.1) is 11.3 Å². The molecular weight excluding hydrogens is 312 g/mol. The number of nitrogens with zero attached hydrogens (tertiary/aromatic N) is 1. The Bertz CT molecular complexity index is 656. The first-order chi connectivity index (χ1) is 9.66. The van der Waals surface area contributed by atoms with Gasteiger partial charge in [-0.2, -0.15) is 0 Å². The van der Waals surface area contributed by atoms with Crippen LogP contribution < -0.4 is 10.6 Å². The number of nitrogens with two attached hydrogens (primary N) is 1. The van der Waals surface area contributed by atoms with Crippen molar-refractivity contribution in [3.8, 4) is 0 Å². The van der Waals surface area contributed by atoms with Gasteiger partial charge in [0.05, 0.1) is 12.8 Å². The van der Waals surface area contributed by atoms with Crippen LogP contribution in [-0.4, -0.2) is 40.8 Å². The molecule has 6 nitrogen and oxygen atoms in total. The van der Waals surface area contributed by atoms with Crippen molar-refractivity contribution in [2.75, 3.05) is 37.1 Å². The number of ether oxygens (including phenoxy) is 1. The zero-order valence-electron chi connectivity index (χ0n) is 12.5. The maximum atomic E-state index is 12.1. The van der Waals surface area contributed by atoms with Crippen molar-refractivity contribution < 1.29 is 17.9 Å². The van der Waals surface area contributed by atoms with E-state index >= 15 is 0 Å². The highest BCUT2D eigenvalue weighted by Crippen LogP contribution is 2.44. The van der Waals surface area contributed by atoms with E-state index in [2.05, 4.69) is 18.6 Å². The molecule has 2 heterocycles. The van der Waals surface area contributed by atoms with Crippen LogP contribution in [0.5, 0.6) is 0 Å². The molecule has 2 atom stereocenters. The van der Waals surface area contributed by atoms with Gasteiger partial charge in [-0.05, 0) is 11.8 Å². The van der Waals surface area contributed by atoms with Gasteiger partial charge in [0.15, 0.2) is 9.84 Å². The molecule has 0 aliphatic carbocycles. The van der Waals surface area contributed by atoms with Crippen molar-refractivity contribution in [2.45, 2.75) is 18.7 Å². The summed E-state index contributed by atoms with van der Waals surface area (Å²) in [6.45, 7) is 5.76. The third-order valence-electron chi connectivity index (χ3n) is 3.90. The second-order valence-corrected chi connectivity index (χ2v) is 8.55. The lowest BCUT2D eigenvalue weighted by molar-refractivity contribution is 0.0607. The Morgan fingerprint density at radius 2 is 1.86 bits per heavy atom. The van der Waals surface area contributed by atoms with E-state index in [1.165, 1.54) is 7.11 Å². The molecule has 0 aromatic carbocycles. The van der Waals surface area contributed by atoms with Crippen LogP contribution in [0.25, 0.3) is 0 Å². The average molecular weight is 332 g/mol. The maximum Gasteiger partial charge on any atom is 0.350 e. The summed E-state index contributed by atoms with van der Waals surface area (Å²) in [5.41, 5.74) is 5.90. The Hall–Kier alpha value is -1.28. The lowest BCUT2D eigenvalue weighted by Crippen LogP contribution is -2.20. The van der Waals surface area contributed by atoms with Crippen LogP contribution in [-0.2, 0) is 14.6 Å². The van der Waals surface area contributed by atoms with Crippen molar-refractivity contribution in [3.63, 3.8) is 0 Å². The zero-order valence-corrected chi connectivity index (χ0v) is 14.2. The van der Waals surface area contributed by atoms with Crippen molar-refractivity contribution in [2.24, 2.45) is 11.8 Å². The van der Waals surface area contributed by atoms with Gasteiger partial charge in [-0.3, -0.25) is 0 Å². The van der Waals surface area contributed by atoms with Gasteiger partial charge in [0.1, 0.15) is 14.8 Å². The van der Waals surface area contributed by atoms with Gasteiger partial charge in [0.25, 0.3) is 0 Å². The summed E-state index contributed by atoms with van der Waals surface area (Å²) in [4.78, 5) is 14.0. The summed E-state index contributed by atoms with van der Waals surface area (Å²) in [6.07, 6.45) is 1.11. The topological polar surface area (TPSA) is 89.7 Å². The van der Waals surface area contributed by atoms with E-state index in [9.17, 15) is 13.2 Å². The molecule has 0 saturated carbocycles. The van der Waals surface area contributed by atoms with E-state index < -0.39 is 15.8 Å². The molecule has 0 spiro atoms. The summed E-state index contributed by atoms with van der Waals surface area (Å²) < 4.78 is 28.8. The molecule has 21 heavy (non-hydrogen) atoms. The molecule has 2 unspecified atom stereocenters. The second-order valence-electron chi connectivity index (χ2n) is 5.60. The van der Waals surface area contributed by atoms with Gasteiger partial charge >= 0.3 is 5.97 Å². The second kappa shape index (κ2) is 5.49. The third-order valence-corrected chi connectivity index (χ3v) is 6.43. The molecule has 1 aromatic rings. The summed E-state index contributed by atoms with van der Waals surface area (Å²) in [6, 6.07) is 0. The molecule has 1 aliphatic heterocycles. The molecular formula is C13H20N2O4S2. The van der Waals surface area contributed by atoms with E-state index in [1.54, 1.807) is 0 Å². The fourth-order valence-corrected chi connectivity index (χ4v) is 5.17. The van der Waals surface area contributed by atoms with Crippen molar-refractivity contribution in [1.82, 2.24) is 0 Å². The van der Waals surface area contributed by atoms with Crippen LogP contribution in [0.15, 0.2) is 4.90 Å². The molecule has 2 rings (SSSR count). The van der Waals surface area contributed by atoms with Gasteiger partial charge < -0.3 is 15.4 Å². The number of esters is 1. The van der Waals surface area contributed by atoms with Crippen LogP contribution >= 0.6 is 11.3 Å². The standard InChI is InChI=1S/C13H20N2O4S2/c1-7-5-15(6-8(7)2)12-11(21(4,17)18)9(14)10(20-12)13(16)19-3/h7-8H,5-6,14H2,1-4H3. The fourth-order valence-electron chi connectivity index (χ4n) is 2.52. The van der Waals surface area contributed by atoms with Crippen molar-refractivity contribution >= 4 is 37.8 Å². The highest BCUT2D eigenvalue weighted by Gasteiger charge is 2.34. The van der Waals surface area contributed by atoms with E-state index in [-0.39, 0.29) is 15.5 Å². The highest BCUT2D eigenvalue weighted by molar-refractivity contribution is 7.91. The van der Waals surface area contributed by atoms with E-state index in [1.807, 2.05) is 4.90 Å². The molecule has 0 radical (unpaired) electrons. The smallest absolute Gasteiger partial charge is 0.350 e. The molecule has 118 valence electrons. The first-order valence-electron chi connectivity index (χ1n) is 6.62. The van der Waals surface area contributed by atoms with E-state index in [0.29, 0.717) is 16.8 Å². The average Bonchev–Trinajstić information content (AvgIpc) is 2.89. The molecule has 1 aromatic heterocycles.